The largest absolute Gasteiger partial charge is 0.418 e. The van der Waals surface area contributed by atoms with Gasteiger partial charge in [0.2, 0.25) is 0 Å². The van der Waals surface area contributed by atoms with Crippen molar-refractivity contribution in [2.24, 2.45) is 0 Å². The van der Waals surface area contributed by atoms with E-state index in [1.165, 1.54) is 12.3 Å². The topological polar surface area (TPSA) is 73.8 Å². The lowest BCUT2D eigenvalue weighted by Crippen LogP contribution is -2.21. The number of pyridine rings is 3. The second-order valence-corrected chi connectivity index (χ2v) is 7.43. The fourth-order valence-electron chi connectivity index (χ4n) is 3.84. The normalized spacial score (nSPS) is 11.9. The van der Waals surface area contributed by atoms with Crippen molar-refractivity contribution >= 4 is 27.6 Å². The van der Waals surface area contributed by atoms with Crippen LogP contribution >= 0.6 is 0 Å². The van der Waals surface area contributed by atoms with Gasteiger partial charge in [-0.1, -0.05) is 6.07 Å². The quantitative estimate of drug-likeness (QED) is 0.291. The van der Waals surface area contributed by atoms with E-state index < -0.39 is 28.8 Å². The Labute approximate surface area is 183 Å². The third kappa shape index (κ3) is 3.57. The van der Waals surface area contributed by atoms with E-state index in [1.54, 1.807) is 36.5 Å². The van der Waals surface area contributed by atoms with Crippen LogP contribution in [-0.2, 0) is 6.18 Å². The molecule has 33 heavy (non-hydrogen) atoms. The van der Waals surface area contributed by atoms with E-state index >= 15 is 0 Å². The van der Waals surface area contributed by atoms with Gasteiger partial charge in [-0.15, -0.1) is 0 Å². The molecule has 0 aliphatic carbocycles. The van der Waals surface area contributed by atoms with Gasteiger partial charge in [-0.25, -0.2) is 9.37 Å². The lowest BCUT2D eigenvalue weighted by atomic mass is 10.0. The number of alkyl halides is 3. The SMILES string of the molecule is Nc1ccc(-c2ccc3ncc4ccc(=O)n(-c5ccc(F)cc5C(F)(F)F)c4c3c2)cn1. The molecule has 5 aromatic rings. The van der Waals surface area contributed by atoms with Gasteiger partial charge in [-0.2, -0.15) is 13.2 Å². The average molecular weight is 450 g/mol. The molecule has 5 nitrogen and oxygen atoms in total. The Morgan fingerprint density at radius 1 is 0.848 bits per heavy atom. The Kier molecular flexibility index (Phi) is 4.63. The molecular formula is C24H14F4N4O. The lowest BCUT2D eigenvalue weighted by Gasteiger charge is -2.18. The van der Waals surface area contributed by atoms with Crippen LogP contribution in [0.15, 0.2) is 77.9 Å². The Morgan fingerprint density at radius 3 is 2.36 bits per heavy atom. The summed E-state index contributed by atoms with van der Waals surface area (Å²) in [5.74, 6) is -0.708. The first-order chi connectivity index (χ1) is 15.7. The smallest absolute Gasteiger partial charge is 0.384 e. The van der Waals surface area contributed by atoms with Crippen molar-refractivity contribution < 1.29 is 17.6 Å². The van der Waals surface area contributed by atoms with Crippen LogP contribution in [0.2, 0.25) is 0 Å². The highest BCUT2D eigenvalue weighted by Gasteiger charge is 2.35. The molecule has 0 fully saturated rings. The van der Waals surface area contributed by atoms with Crippen LogP contribution in [-0.4, -0.2) is 14.5 Å². The second-order valence-electron chi connectivity index (χ2n) is 7.43. The van der Waals surface area contributed by atoms with E-state index in [0.717, 1.165) is 28.3 Å². The summed E-state index contributed by atoms with van der Waals surface area (Å²) in [6.45, 7) is 0. The molecule has 0 radical (unpaired) electrons. The standard InChI is InChI=1S/C24H14F4N4O/c25-16-4-6-20(18(10-16)24(26,27)28)32-22(33)8-3-15-12-30-19-5-1-13(9-17(19)23(15)32)14-2-7-21(29)31-11-14/h1-12H,(H2,29,31). The molecule has 0 amide bonds. The van der Waals surface area contributed by atoms with Crippen LogP contribution in [0.25, 0.3) is 38.6 Å². The summed E-state index contributed by atoms with van der Waals surface area (Å²) in [5.41, 5.74) is 5.40. The van der Waals surface area contributed by atoms with Gasteiger partial charge in [0.15, 0.2) is 0 Å². The van der Waals surface area contributed by atoms with Crippen LogP contribution < -0.4 is 11.3 Å². The molecule has 3 heterocycles. The number of anilines is 1. The fourth-order valence-corrected chi connectivity index (χ4v) is 3.84. The summed E-state index contributed by atoms with van der Waals surface area (Å²) >= 11 is 0. The van der Waals surface area contributed by atoms with Crippen molar-refractivity contribution in [3.63, 3.8) is 0 Å². The van der Waals surface area contributed by atoms with Gasteiger partial charge in [0.05, 0.1) is 22.3 Å². The van der Waals surface area contributed by atoms with Gasteiger partial charge in [0.1, 0.15) is 11.6 Å². The van der Waals surface area contributed by atoms with Crippen molar-refractivity contribution in [1.82, 2.24) is 14.5 Å². The van der Waals surface area contributed by atoms with Crippen molar-refractivity contribution in [3.8, 4) is 16.8 Å². The van der Waals surface area contributed by atoms with Crippen LogP contribution in [0.3, 0.4) is 0 Å². The first kappa shape index (κ1) is 20.6. The molecule has 164 valence electrons. The summed E-state index contributed by atoms with van der Waals surface area (Å²) in [5, 5.41) is 0.907. The van der Waals surface area contributed by atoms with Crippen LogP contribution in [0, 0.1) is 5.82 Å². The summed E-state index contributed by atoms with van der Waals surface area (Å²) in [7, 11) is 0. The Morgan fingerprint density at radius 2 is 1.64 bits per heavy atom. The monoisotopic (exact) mass is 450 g/mol. The predicted molar refractivity (Wildman–Crippen MR) is 117 cm³/mol. The third-order valence-corrected chi connectivity index (χ3v) is 5.34. The molecule has 0 aliphatic heterocycles. The number of hydrogen-bond acceptors (Lipinski definition) is 4. The zero-order chi connectivity index (χ0) is 23.3. The minimum atomic E-state index is -4.87. The zero-order valence-electron chi connectivity index (χ0n) is 16.8. The summed E-state index contributed by atoms with van der Waals surface area (Å²) in [6, 6.07) is 13.5. The highest BCUT2D eigenvalue weighted by Crippen LogP contribution is 2.36. The molecule has 0 saturated heterocycles. The van der Waals surface area contributed by atoms with Crippen molar-refractivity contribution in [2.75, 3.05) is 5.73 Å². The van der Waals surface area contributed by atoms with Crippen molar-refractivity contribution in [3.05, 3.63) is 94.8 Å². The van der Waals surface area contributed by atoms with Gasteiger partial charge < -0.3 is 5.73 Å². The molecular weight excluding hydrogens is 436 g/mol. The van der Waals surface area contributed by atoms with E-state index in [4.69, 9.17) is 5.73 Å². The molecule has 5 rings (SSSR count). The van der Waals surface area contributed by atoms with Gasteiger partial charge >= 0.3 is 6.18 Å². The third-order valence-electron chi connectivity index (χ3n) is 5.34. The zero-order valence-corrected chi connectivity index (χ0v) is 16.8. The number of halogens is 4. The van der Waals surface area contributed by atoms with Crippen LogP contribution in [0.1, 0.15) is 5.56 Å². The van der Waals surface area contributed by atoms with Crippen molar-refractivity contribution in [1.29, 1.82) is 0 Å². The fraction of sp³-hybridized carbons (Fsp3) is 0.0417. The van der Waals surface area contributed by atoms with E-state index in [2.05, 4.69) is 9.97 Å². The molecule has 2 aromatic carbocycles. The molecule has 0 saturated carbocycles. The molecule has 0 atom stereocenters. The first-order valence-electron chi connectivity index (χ1n) is 9.76. The van der Waals surface area contributed by atoms with Gasteiger partial charge in [0, 0.05) is 34.8 Å². The maximum atomic E-state index is 13.8. The van der Waals surface area contributed by atoms with Crippen molar-refractivity contribution in [2.45, 2.75) is 6.18 Å². The molecule has 2 N–H and O–H groups in total. The maximum Gasteiger partial charge on any atom is 0.418 e. The lowest BCUT2D eigenvalue weighted by molar-refractivity contribution is -0.137. The van der Waals surface area contributed by atoms with E-state index in [1.807, 2.05) is 0 Å². The number of hydrogen-bond donors (Lipinski definition) is 1. The number of benzene rings is 2. The minimum Gasteiger partial charge on any atom is -0.384 e. The highest BCUT2D eigenvalue weighted by atomic mass is 19.4. The number of nitrogen functional groups attached to an aromatic ring is 1. The van der Waals surface area contributed by atoms with Gasteiger partial charge in [0.25, 0.3) is 5.56 Å². The molecule has 0 aliphatic rings. The van der Waals surface area contributed by atoms with E-state index in [9.17, 15) is 22.4 Å². The molecule has 0 unspecified atom stereocenters. The summed E-state index contributed by atoms with van der Waals surface area (Å²) < 4.78 is 56.0. The van der Waals surface area contributed by atoms with Gasteiger partial charge in [-0.3, -0.25) is 14.3 Å². The van der Waals surface area contributed by atoms with Crippen LogP contribution in [0.4, 0.5) is 23.4 Å². The van der Waals surface area contributed by atoms with Gasteiger partial charge in [-0.05, 0) is 54.1 Å². The number of aromatic nitrogens is 3. The first-order valence-corrected chi connectivity index (χ1v) is 9.76. The average Bonchev–Trinajstić information content (AvgIpc) is 2.79. The highest BCUT2D eigenvalue weighted by molar-refractivity contribution is 6.05. The summed E-state index contributed by atoms with van der Waals surface area (Å²) in [4.78, 5) is 21.3. The molecule has 3 aromatic heterocycles. The summed E-state index contributed by atoms with van der Waals surface area (Å²) in [6.07, 6.45) is -1.82. The Bertz CT molecular complexity index is 1590. The maximum absolute atomic E-state index is 13.8. The van der Waals surface area contributed by atoms with E-state index in [-0.39, 0.29) is 5.52 Å². The molecule has 9 heteroatoms. The Balaban J connectivity index is 1.89. The number of nitrogens with zero attached hydrogens (tertiary/aromatic N) is 3. The molecule has 0 bridgehead atoms. The second kappa shape index (κ2) is 7.40. The van der Waals surface area contributed by atoms with Crippen LogP contribution in [0.5, 0.6) is 0 Å². The van der Waals surface area contributed by atoms with E-state index in [0.29, 0.717) is 33.7 Å². The number of nitrogens with two attached hydrogens (primary N) is 1. The Hall–Kier alpha value is -4.27. The number of rotatable bonds is 2. The number of fused-ring (bicyclic) bond motifs is 3. The minimum absolute atomic E-state index is 0.231. The predicted octanol–water partition coefficient (Wildman–Crippen LogP) is 5.34. The molecule has 0 spiro atoms.